The van der Waals surface area contributed by atoms with Crippen molar-refractivity contribution in [3.05, 3.63) is 38.3 Å². The van der Waals surface area contributed by atoms with Gasteiger partial charge in [-0.3, -0.25) is 19.7 Å². The Kier molecular flexibility index (Phi) is 4.75. The topological polar surface area (TPSA) is 119 Å². The summed E-state index contributed by atoms with van der Waals surface area (Å²) in [6.45, 7) is -0.707. The lowest BCUT2D eigenvalue weighted by Crippen LogP contribution is -2.26. The average molecular weight is 319 g/mol. The van der Waals surface area contributed by atoms with Crippen molar-refractivity contribution in [1.29, 1.82) is 0 Å². The average Bonchev–Trinajstić information content (AvgIpc) is 2.27. The van der Waals surface area contributed by atoms with Crippen LogP contribution in [0, 0.1) is 10.1 Å². The molecule has 0 bridgehead atoms. The summed E-state index contributed by atoms with van der Waals surface area (Å²) < 4.78 is 0.347. The van der Waals surface area contributed by atoms with Crippen molar-refractivity contribution in [1.82, 2.24) is 5.48 Å². The van der Waals surface area contributed by atoms with Gasteiger partial charge < -0.3 is 5.11 Å². The Morgan fingerprint density at radius 3 is 2.67 bits per heavy atom. The van der Waals surface area contributed by atoms with Crippen molar-refractivity contribution in [2.75, 3.05) is 6.61 Å². The Morgan fingerprint density at radius 1 is 1.44 bits per heavy atom. The van der Waals surface area contributed by atoms with E-state index in [1.54, 1.807) is 0 Å². The van der Waals surface area contributed by atoms with Crippen LogP contribution in [0.15, 0.2) is 22.7 Å². The van der Waals surface area contributed by atoms with Gasteiger partial charge in [-0.2, -0.15) is 0 Å². The zero-order chi connectivity index (χ0) is 13.7. The van der Waals surface area contributed by atoms with Crippen LogP contribution in [-0.2, 0) is 9.63 Å². The molecule has 0 aliphatic heterocycles. The van der Waals surface area contributed by atoms with Gasteiger partial charge in [-0.15, -0.1) is 0 Å². The number of nitrogens with zero attached hydrogens (tertiary/aromatic N) is 1. The third-order valence-corrected chi connectivity index (χ3v) is 2.17. The Bertz CT molecular complexity index is 504. The normalized spacial score (nSPS) is 9.83. The number of aliphatic carboxylic acids is 1. The maximum Gasteiger partial charge on any atom is 0.332 e. The zero-order valence-electron chi connectivity index (χ0n) is 8.75. The molecule has 8 nitrogen and oxygen atoms in total. The first-order valence-corrected chi connectivity index (χ1v) is 5.28. The second-order valence-electron chi connectivity index (χ2n) is 3.07. The smallest absolute Gasteiger partial charge is 0.332 e. The number of nitro groups is 1. The van der Waals surface area contributed by atoms with Crippen LogP contribution in [0.3, 0.4) is 0 Å². The van der Waals surface area contributed by atoms with E-state index >= 15 is 0 Å². The second-order valence-corrected chi connectivity index (χ2v) is 3.98. The number of carboxylic acids is 1. The molecule has 0 atom stereocenters. The van der Waals surface area contributed by atoms with Crippen molar-refractivity contribution in [2.24, 2.45) is 0 Å². The number of halogens is 1. The van der Waals surface area contributed by atoms with Crippen LogP contribution < -0.4 is 5.48 Å². The quantitative estimate of drug-likeness (QED) is 0.620. The molecule has 0 fully saturated rings. The summed E-state index contributed by atoms with van der Waals surface area (Å²) in [5.74, 6) is -2.03. The zero-order valence-corrected chi connectivity index (χ0v) is 10.3. The molecule has 1 rings (SSSR count). The fraction of sp³-hybridized carbons (Fsp3) is 0.111. The number of nitrogens with one attached hydrogen (secondary N) is 1. The van der Waals surface area contributed by atoms with Gasteiger partial charge in [0.25, 0.3) is 11.6 Å². The van der Waals surface area contributed by atoms with E-state index in [9.17, 15) is 19.7 Å². The maximum atomic E-state index is 11.5. The number of rotatable bonds is 5. The van der Waals surface area contributed by atoms with E-state index in [-0.39, 0.29) is 11.3 Å². The molecule has 0 aliphatic carbocycles. The minimum absolute atomic E-state index is 0.0264. The molecule has 0 saturated heterocycles. The van der Waals surface area contributed by atoms with Gasteiger partial charge in [0, 0.05) is 22.2 Å². The summed E-state index contributed by atoms with van der Waals surface area (Å²) in [5.41, 5.74) is 1.56. The first kappa shape index (κ1) is 14.1. The monoisotopic (exact) mass is 318 g/mol. The van der Waals surface area contributed by atoms with E-state index in [0.29, 0.717) is 4.47 Å². The number of hydrogen-bond donors (Lipinski definition) is 2. The van der Waals surface area contributed by atoms with Gasteiger partial charge >= 0.3 is 5.97 Å². The Morgan fingerprint density at radius 2 is 2.11 bits per heavy atom. The standard InChI is InChI=1S/C9H7BrN2O6/c10-6-1-5(2-7(3-6)12(16)17)9(15)11-18-4-8(13)14/h1-3H,4H2,(H,11,15)(H,13,14). The molecule has 1 aromatic carbocycles. The minimum Gasteiger partial charge on any atom is -0.479 e. The number of carbonyl (C=O) groups excluding carboxylic acids is 1. The van der Waals surface area contributed by atoms with Crippen molar-refractivity contribution < 1.29 is 24.5 Å². The van der Waals surface area contributed by atoms with E-state index in [1.165, 1.54) is 12.1 Å². The minimum atomic E-state index is -1.25. The Hall–Kier alpha value is -2.00. The van der Waals surface area contributed by atoms with Gasteiger partial charge in [0.05, 0.1) is 4.92 Å². The summed E-state index contributed by atoms with van der Waals surface area (Å²) in [6.07, 6.45) is 0. The lowest BCUT2D eigenvalue weighted by molar-refractivity contribution is -0.385. The lowest BCUT2D eigenvalue weighted by atomic mass is 10.2. The molecule has 0 radical (unpaired) electrons. The number of carboxylic acid groups (broad SMARTS) is 1. The molecule has 9 heteroatoms. The third-order valence-electron chi connectivity index (χ3n) is 1.72. The van der Waals surface area contributed by atoms with Crippen LogP contribution >= 0.6 is 15.9 Å². The molecular formula is C9H7BrN2O6. The molecule has 0 aromatic heterocycles. The largest absolute Gasteiger partial charge is 0.479 e. The van der Waals surface area contributed by atoms with E-state index < -0.39 is 23.4 Å². The predicted octanol–water partition coefficient (Wildman–Crippen LogP) is 1.10. The molecular weight excluding hydrogens is 312 g/mol. The molecule has 1 amide bonds. The van der Waals surface area contributed by atoms with Crippen LogP contribution in [0.1, 0.15) is 10.4 Å². The highest BCUT2D eigenvalue weighted by atomic mass is 79.9. The molecule has 0 aliphatic rings. The third kappa shape index (κ3) is 4.11. The Labute approximate surface area is 109 Å². The summed E-state index contributed by atoms with van der Waals surface area (Å²) >= 11 is 3.02. The van der Waals surface area contributed by atoms with Crippen LogP contribution in [0.5, 0.6) is 0 Å². The van der Waals surface area contributed by atoms with Gasteiger partial charge in [-0.25, -0.2) is 10.3 Å². The highest BCUT2D eigenvalue weighted by molar-refractivity contribution is 9.10. The second kappa shape index (κ2) is 6.07. The lowest BCUT2D eigenvalue weighted by Gasteiger charge is -2.04. The fourth-order valence-electron chi connectivity index (χ4n) is 1.03. The number of nitro benzene ring substituents is 1. The number of hydrogen-bond acceptors (Lipinski definition) is 5. The Balaban J connectivity index is 2.79. The van der Waals surface area contributed by atoms with Crippen LogP contribution in [-0.4, -0.2) is 28.5 Å². The first-order chi connectivity index (χ1) is 8.40. The van der Waals surface area contributed by atoms with Crippen molar-refractivity contribution in [3.8, 4) is 0 Å². The van der Waals surface area contributed by atoms with Crippen LogP contribution in [0.4, 0.5) is 5.69 Å². The molecule has 18 heavy (non-hydrogen) atoms. The van der Waals surface area contributed by atoms with Crippen LogP contribution in [0.2, 0.25) is 0 Å². The van der Waals surface area contributed by atoms with E-state index in [0.717, 1.165) is 6.07 Å². The molecule has 0 saturated carbocycles. The molecule has 96 valence electrons. The number of hydroxylamine groups is 1. The highest BCUT2D eigenvalue weighted by Gasteiger charge is 2.14. The van der Waals surface area contributed by atoms with Crippen molar-refractivity contribution in [3.63, 3.8) is 0 Å². The van der Waals surface area contributed by atoms with Crippen molar-refractivity contribution >= 4 is 33.5 Å². The summed E-state index contributed by atoms with van der Waals surface area (Å²) in [4.78, 5) is 35.9. The molecule has 2 N–H and O–H groups in total. The van der Waals surface area contributed by atoms with E-state index in [2.05, 4.69) is 20.8 Å². The number of benzene rings is 1. The van der Waals surface area contributed by atoms with E-state index in [4.69, 9.17) is 5.11 Å². The van der Waals surface area contributed by atoms with Gasteiger partial charge in [-0.05, 0) is 6.07 Å². The first-order valence-electron chi connectivity index (χ1n) is 4.49. The van der Waals surface area contributed by atoms with E-state index in [1.807, 2.05) is 5.48 Å². The molecule has 1 aromatic rings. The molecule has 0 heterocycles. The molecule has 0 spiro atoms. The SMILES string of the molecule is O=C(O)CONC(=O)c1cc(Br)cc([N+](=O)[O-])c1. The van der Waals surface area contributed by atoms with Gasteiger partial charge in [0.1, 0.15) is 0 Å². The number of carbonyl (C=O) groups is 2. The summed E-state index contributed by atoms with van der Waals surface area (Å²) in [7, 11) is 0. The predicted molar refractivity (Wildman–Crippen MR) is 61.9 cm³/mol. The van der Waals surface area contributed by atoms with Crippen molar-refractivity contribution in [2.45, 2.75) is 0 Å². The fourth-order valence-corrected chi connectivity index (χ4v) is 1.51. The summed E-state index contributed by atoms with van der Waals surface area (Å²) in [6, 6.07) is 3.62. The summed E-state index contributed by atoms with van der Waals surface area (Å²) in [5, 5.41) is 18.9. The molecule has 0 unspecified atom stereocenters. The van der Waals surface area contributed by atoms with Gasteiger partial charge in [0.2, 0.25) is 0 Å². The maximum absolute atomic E-state index is 11.5. The van der Waals surface area contributed by atoms with Crippen LogP contribution in [0.25, 0.3) is 0 Å². The number of non-ortho nitro benzene ring substituents is 1. The van der Waals surface area contributed by atoms with Gasteiger partial charge in [-0.1, -0.05) is 15.9 Å². The highest BCUT2D eigenvalue weighted by Crippen LogP contribution is 2.21. The number of amides is 1. The van der Waals surface area contributed by atoms with Gasteiger partial charge in [0.15, 0.2) is 6.61 Å².